The van der Waals surface area contributed by atoms with Gasteiger partial charge in [0.1, 0.15) is 4.88 Å². The molecule has 0 radical (unpaired) electrons. The van der Waals surface area contributed by atoms with Crippen LogP contribution >= 0.6 is 11.5 Å². The first-order valence-electron chi connectivity index (χ1n) is 5.01. The smallest absolute Gasteiger partial charge is 0.264 e. The molecule has 0 spiro atoms. The molecule has 0 aromatic carbocycles. The van der Waals surface area contributed by atoms with Gasteiger partial charge in [0.15, 0.2) is 0 Å². The molecule has 6 nitrogen and oxygen atoms in total. The summed E-state index contributed by atoms with van der Waals surface area (Å²) in [7, 11) is 0. The summed E-state index contributed by atoms with van der Waals surface area (Å²) in [6.45, 7) is 3.19. The molecule has 0 saturated heterocycles. The summed E-state index contributed by atoms with van der Waals surface area (Å²) in [6, 6.07) is 0. The minimum Gasteiger partial charge on any atom is -0.394 e. The van der Waals surface area contributed by atoms with Crippen molar-refractivity contribution < 1.29 is 14.6 Å². The molecule has 0 saturated carbocycles. The number of nitrogens with zero attached hydrogens (tertiary/aromatic N) is 2. The lowest BCUT2D eigenvalue weighted by molar-refractivity contribution is 0.0869. The first kappa shape index (κ1) is 13.0. The Hall–Kier alpha value is -1.05. The highest BCUT2D eigenvalue weighted by Crippen LogP contribution is 2.07. The van der Waals surface area contributed by atoms with Crippen molar-refractivity contribution in [3.63, 3.8) is 0 Å². The number of amides is 1. The highest BCUT2D eigenvalue weighted by atomic mass is 32.1. The summed E-state index contributed by atoms with van der Waals surface area (Å²) < 4.78 is 8.75. The molecule has 2 N–H and O–H groups in total. The highest BCUT2D eigenvalue weighted by molar-refractivity contribution is 7.07. The first-order valence-corrected chi connectivity index (χ1v) is 5.78. The second-order valence-electron chi connectivity index (χ2n) is 3.13. The van der Waals surface area contributed by atoms with Crippen LogP contribution in [-0.2, 0) is 4.74 Å². The van der Waals surface area contributed by atoms with E-state index in [1.807, 2.05) is 0 Å². The van der Waals surface area contributed by atoms with Crippen LogP contribution in [0.15, 0.2) is 0 Å². The third-order valence-electron chi connectivity index (χ3n) is 1.84. The topological polar surface area (TPSA) is 84.3 Å². The van der Waals surface area contributed by atoms with Gasteiger partial charge in [-0.05, 0) is 24.9 Å². The summed E-state index contributed by atoms with van der Waals surface area (Å²) in [5, 5.41) is 15.0. The number of aliphatic hydroxyl groups is 1. The zero-order valence-corrected chi connectivity index (χ0v) is 9.92. The van der Waals surface area contributed by atoms with Crippen molar-refractivity contribution in [2.75, 3.05) is 26.4 Å². The van der Waals surface area contributed by atoms with E-state index in [1.165, 1.54) is 0 Å². The van der Waals surface area contributed by atoms with E-state index >= 15 is 0 Å². The fraction of sp³-hybridized carbons (Fsp3) is 0.667. The van der Waals surface area contributed by atoms with E-state index in [0.29, 0.717) is 30.3 Å². The Morgan fingerprint density at radius 1 is 1.56 bits per heavy atom. The largest absolute Gasteiger partial charge is 0.394 e. The van der Waals surface area contributed by atoms with Crippen molar-refractivity contribution in [1.29, 1.82) is 0 Å². The molecule has 1 aromatic rings. The minimum absolute atomic E-state index is 0.0259. The number of hydrogen-bond donors (Lipinski definition) is 2. The average Bonchev–Trinajstić information content (AvgIpc) is 2.69. The number of ether oxygens (including phenoxy) is 1. The molecule has 0 aliphatic heterocycles. The number of aromatic nitrogens is 2. The Morgan fingerprint density at radius 3 is 3.00 bits per heavy atom. The van der Waals surface area contributed by atoms with E-state index in [2.05, 4.69) is 14.9 Å². The molecule has 1 aromatic heterocycles. The van der Waals surface area contributed by atoms with Gasteiger partial charge >= 0.3 is 0 Å². The van der Waals surface area contributed by atoms with Crippen molar-refractivity contribution in [3.8, 4) is 0 Å². The Bertz CT molecular complexity index is 330. The Kier molecular flexibility index (Phi) is 5.91. The van der Waals surface area contributed by atoms with Crippen LogP contribution in [0, 0.1) is 6.92 Å². The summed E-state index contributed by atoms with van der Waals surface area (Å²) in [5.41, 5.74) is 0.652. The predicted octanol–water partition coefficient (Wildman–Crippen LogP) is -0.0247. The summed E-state index contributed by atoms with van der Waals surface area (Å²) in [5.74, 6) is -0.144. The summed E-state index contributed by atoms with van der Waals surface area (Å²) in [4.78, 5) is 12.1. The average molecular weight is 245 g/mol. The summed E-state index contributed by atoms with van der Waals surface area (Å²) in [6.07, 6.45) is 0.719. The van der Waals surface area contributed by atoms with Gasteiger partial charge in [0.25, 0.3) is 5.91 Å². The monoisotopic (exact) mass is 245 g/mol. The number of aliphatic hydroxyl groups excluding tert-OH is 1. The van der Waals surface area contributed by atoms with E-state index in [0.717, 1.165) is 18.0 Å². The minimum atomic E-state index is -0.144. The maximum Gasteiger partial charge on any atom is 0.264 e. The van der Waals surface area contributed by atoms with Gasteiger partial charge in [-0.2, -0.15) is 0 Å². The van der Waals surface area contributed by atoms with Gasteiger partial charge in [0.2, 0.25) is 0 Å². The van der Waals surface area contributed by atoms with Crippen LogP contribution in [0.2, 0.25) is 0 Å². The third kappa shape index (κ3) is 4.21. The molecule has 0 aliphatic carbocycles. The standard InChI is InChI=1S/C9H15N3O3S/c1-7-8(16-12-11-7)9(14)10-3-2-5-15-6-4-13/h13H,2-6H2,1H3,(H,10,14). The molecule has 0 fully saturated rings. The lowest BCUT2D eigenvalue weighted by Gasteiger charge is -2.04. The van der Waals surface area contributed by atoms with Crippen molar-refractivity contribution in [1.82, 2.24) is 14.9 Å². The second-order valence-corrected chi connectivity index (χ2v) is 3.89. The van der Waals surface area contributed by atoms with E-state index in [9.17, 15) is 4.79 Å². The fourth-order valence-electron chi connectivity index (χ4n) is 1.06. The van der Waals surface area contributed by atoms with Crippen LogP contribution < -0.4 is 5.32 Å². The van der Waals surface area contributed by atoms with Crippen LogP contribution in [0.3, 0.4) is 0 Å². The number of rotatable bonds is 7. The number of carbonyl (C=O) groups excluding carboxylic acids is 1. The Balaban J connectivity index is 2.14. The number of nitrogens with one attached hydrogen (secondary N) is 1. The Morgan fingerprint density at radius 2 is 2.38 bits per heavy atom. The van der Waals surface area contributed by atoms with Gasteiger partial charge in [0.05, 0.1) is 18.9 Å². The van der Waals surface area contributed by atoms with Crippen LogP contribution in [0.25, 0.3) is 0 Å². The van der Waals surface area contributed by atoms with Crippen LogP contribution in [0.5, 0.6) is 0 Å². The van der Waals surface area contributed by atoms with Crippen molar-refractivity contribution in [2.24, 2.45) is 0 Å². The number of aryl methyl sites for hydroxylation is 1. The van der Waals surface area contributed by atoms with Gasteiger partial charge in [-0.1, -0.05) is 4.49 Å². The van der Waals surface area contributed by atoms with Crippen LogP contribution in [-0.4, -0.2) is 47.0 Å². The molecule has 1 heterocycles. The maximum absolute atomic E-state index is 11.6. The highest BCUT2D eigenvalue weighted by Gasteiger charge is 2.11. The first-order chi connectivity index (χ1) is 7.75. The van der Waals surface area contributed by atoms with Crippen molar-refractivity contribution >= 4 is 17.4 Å². The molecular formula is C9H15N3O3S. The maximum atomic E-state index is 11.6. The second kappa shape index (κ2) is 7.26. The number of carbonyl (C=O) groups is 1. The molecule has 0 bridgehead atoms. The molecule has 7 heteroatoms. The van der Waals surface area contributed by atoms with E-state index in [4.69, 9.17) is 9.84 Å². The molecule has 0 aliphatic rings. The van der Waals surface area contributed by atoms with Crippen molar-refractivity contribution in [2.45, 2.75) is 13.3 Å². The predicted molar refractivity (Wildman–Crippen MR) is 59.5 cm³/mol. The zero-order valence-electron chi connectivity index (χ0n) is 9.10. The molecule has 16 heavy (non-hydrogen) atoms. The molecule has 0 unspecified atom stereocenters. The molecular weight excluding hydrogens is 230 g/mol. The van der Waals surface area contributed by atoms with Gasteiger partial charge < -0.3 is 15.2 Å². The molecule has 90 valence electrons. The van der Waals surface area contributed by atoms with Crippen molar-refractivity contribution in [3.05, 3.63) is 10.6 Å². The Labute approximate surface area is 97.8 Å². The van der Waals surface area contributed by atoms with E-state index < -0.39 is 0 Å². The van der Waals surface area contributed by atoms with Crippen LogP contribution in [0.1, 0.15) is 21.8 Å². The normalized spacial score (nSPS) is 10.4. The third-order valence-corrected chi connectivity index (χ3v) is 2.67. The fourth-order valence-corrected chi connectivity index (χ4v) is 1.64. The number of hydrogen-bond acceptors (Lipinski definition) is 6. The van der Waals surface area contributed by atoms with Gasteiger partial charge in [-0.3, -0.25) is 4.79 Å². The molecule has 1 amide bonds. The molecule has 0 atom stereocenters. The van der Waals surface area contributed by atoms with Gasteiger partial charge in [-0.15, -0.1) is 5.10 Å². The van der Waals surface area contributed by atoms with Crippen LogP contribution in [0.4, 0.5) is 0 Å². The zero-order chi connectivity index (χ0) is 11.8. The SMILES string of the molecule is Cc1nnsc1C(=O)NCCCOCCO. The molecule has 1 rings (SSSR count). The van der Waals surface area contributed by atoms with E-state index in [1.54, 1.807) is 6.92 Å². The van der Waals surface area contributed by atoms with E-state index in [-0.39, 0.29) is 12.5 Å². The van der Waals surface area contributed by atoms with Gasteiger partial charge in [-0.25, -0.2) is 0 Å². The summed E-state index contributed by atoms with van der Waals surface area (Å²) >= 11 is 1.09. The lowest BCUT2D eigenvalue weighted by atomic mass is 10.3. The lowest BCUT2D eigenvalue weighted by Crippen LogP contribution is -2.25. The van der Waals surface area contributed by atoms with Gasteiger partial charge in [0, 0.05) is 13.2 Å². The quantitative estimate of drug-likeness (QED) is 0.659.